The van der Waals surface area contributed by atoms with Crippen LogP contribution < -0.4 is 4.72 Å². The number of carbonyl (C=O) groups is 1. The molecule has 0 saturated carbocycles. The summed E-state index contributed by atoms with van der Waals surface area (Å²) in [7, 11) is -3.82. The molecule has 0 aliphatic rings. The normalized spacial score (nSPS) is 13.3. The number of thiophene rings is 1. The highest BCUT2D eigenvalue weighted by Crippen LogP contribution is 2.32. The van der Waals surface area contributed by atoms with E-state index in [9.17, 15) is 13.2 Å². The molecule has 0 saturated heterocycles. The second kappa shape index (κ2) is 6.13. The Morgan fingerprint density at radius 3 is 2.67 bits per heavy atom. The van der Waals surface area contributed by atoms with Gasteiger partial charge in [0.25, 0.3) is 0 Å². The Kier molecular flexibility index (Phi) is 4.83. The minimum absolute atomic E-state index is 0.0417. The van der Waals surface area contributed by atoms with Crippen LogP contribution in [0.25, 0.3) is 0 Å². The molecule has 1 atom stereocenters. The number of hydrogen-bond acceptors (Lipinski definition) is 6. The number of carboxylic acid groups (broad SMARTS) is 1. The SMILES string of the molecule is Cc1csc(C(C)NS(=O)(=O)c2cc(C(=O)O)sc2Br)n1. The first-order valence-electron chi connectivity index (χ1n) is 5.67. The highest BCUT2D eigenvalue weighted by atomic mass is 79.9. The van der Waals surface area contributed by atoms with Gasteiger partial charge in [0, 0.05) is 11.1 Å². The van der Waals surface area contributed by atoms with Crippen LogP contribution in [0.3, 0.4) is 0 Å². The fourth-order valence-corrected chi connectivity index (χ4v) is 6.05. The summed E-state index contributed by atoms with van der Waals surface area (Å²) < 4.78 is 27.4. The van der Waals surface area contributed by atoms with E-state index in [2.05, 4.69) is 25.6 Å². The lowest BCUT2D eigenvalue weighted by atomic mass is 10.4. The van der Waals surface area contributed by atoms with E-state index >= 15 is 0 Å². The number of aromatic nitrogens is 1. The van der Waals surface area contributed by atoms with Crippen LogP contribution in [-0.2, 0) is 10.0 Å². The van der Waals surface area contributed by atoms with E-state index in [4.69, 9.17) is 5.11 Å². The number of nitrogens with zero attached hydrogens (tertiary/aromatic N) is 1. The molecule has 0 amide bonds. The molecule has 2 heterocycles. The molecule has 0 bridgehead atoms. The monoisotopic (exact) mass is 410 g/mol. The summed E-state index contributed by atoms with van der Waals surface area (Å²) in [5, 5.41) is 11.4. The van der Waals surface area contributed by atoms with Gasteiger partial charge in [0.2, 0.25) is 10.0 Å². The maximum atomic E-state index is 12.3. The van der Waals surface area contributed by atoms with E-state index in [1.807, 2.05) is 12.3 Å². The Labute approximate surface area is 138 Å². The first kappa shape index (κ1) is 16.6. The van der Waals surface area contributed by atoms with Crippen molar-refractivity contribution in [2.75, 3.05) is 0 Å². The van der Waals surface area contributed by atoms with Crippen molar-refractivity contribution in [3.05, 3.63) is 30.8 Å². The molecule has 21 heavy (non-hydrogen) atoms. The molecule has 0 aliphatic heterocycles. The van der Waals surface area contributed by atoms with Crippen molar-refractivity contribution in [2.24, 2.45) is 0 Å². The quantitative estimate of drug-likeness (QED) is 0.789. The first-order valence-corrected chi connectivity index (χ1v) is 9.65. The zero-order valence-corrected chi connectivity index (χ0v) is 15.0. The molecular formula is C11H11BrN2O4S3. The number of hydrogen-bond donors (Lipinski definition) is 2. The average molecular weight is 411 g/mol. The molecule has 0 spiro atoms. The molecule has 114 valence electrons. The van der Waals surface area contributed by atoms with Gasteiger partial charge in [0.1, 0.15) is 14.8 Å². The number of sulfonamides is 1. The van der Waals surface area contributed by atoms with Crippen molar-refractivity contribution in [3.63, 3.8) is 0 Å². The smallest absolute Gasteiger partial charge is 0.345 e. The zero-order chi connectivity index (χ0) is 15.8. The number of aromatic carboxylic acids is 1. The minimum Gasteiger partial charge on any atom is -0.477 e. The second-order valence-electron chi connectivity index (χ2n) is 4.22. The lowest BCUT2D eigenvalue weighted by Crippen LogP contribution is -2.26. The standard InChI is InChI=1S/C11H11BrN2O4S3/c1-5-4-19-10(13-5)6(2)14-21(17,18)8-3-7(11(15)16)20-9(8)12/h3-4,6,14H,1-2H3,(H,15,16). The first-order chi connectivity index (χ1) is 9.70. The van der Waals surface area contributed by atoms with Gasteiger partial charge in [-0.05, 0) is 35.8 Å². The van der Waals surface area contributed by atoms with E-state index in [1.54, 1.807) is 6.92 Å². The lowest BCUT2D eigenvalue weighted by molar-refractivity contribution is 0.0702. The summed E-state index contributed by atoms with van der Waals surface area (Å²) in [5.41, 5.74) is 0.825. The van der Waals surface area contributed by atoms with Crippen molar-refractivity contribution >= 4 is 54.6 Å². The van der Waals surface area contributed by atoms with Crippen LogP contribution in [0.4, 0.5) is 0 Å². The molecule has 0 aliphatic carbocycles. The van der Waals surface area contributed by atoms with Gasteiger partial charge >= 0.3 is 5.97 Å². The molecule has 0 radical (unpaired) electrons. The topological polar surface area (TPSA) is 96.4 Å². The summed E-state index contributed by atoms with van der Waals surface area (Å²) in [6.45, 7) is 3.52. The van der Waals surface area contributed by atoms with Crippen LogP contribution in [0, 0.1) is 6.92 Å². The van der Waals surface area contributed by atoms with Crippen LogP contribution in [-0.4, -0.2) is 24.5 Å². The molecule has 2 N–H and O–H groups in total. The third kappa shape index (κ3) is 3.69. The highest BCUT2D eigenvalue weighted by Gasteiger charge is 2.26. The Morgan fingerprint density at radius 1 is 1.52 bits per heavy atom. The van der Waals surface area contributed by atoms with E-state index in [0.29, 0.717) is 5.01 Å². The molecule has 0 fully saturated rings. The van der Waals surface area contributed by atoms with Crippen molar-refractivity contribution in [2.45, 2.75) is 24.8 Å². The number of rotatable bonds is 5. The van der Waals surface area contributed by atoms with Gasteiger partial charge in [0.05, 0.1) is 9.83 Å². The number of thiazole rings is 1. The van der Waals surface area contributed by atoms with Crippen molar-refractivity contribution in [3.8, 4) is 0 Å². The van der Waals surface area contributed by atoms with Gasteiger partial charge in [-0.1, -0.05) is 0 Å². The van der Waals surface area contributed by atoms with Crippen LogP contribution in [0.15, 0.2) is 20.1 Å². The highest BCUT2D eigenvalue weighted by molar-refractivity contribution is 9.11. The van der Waals surface area contributed by atoms with E-state index in [1.165, 1.54) is 11.3 Å². The number of nitrogens with one attached hydrogen (secondary N) is 1. The van der Waals surface area contributed by atoms with Crippen LogP contribution in [0.1, 0.15) is 33.3 Å². The predicted molar refractivity (Wildman–Crippen MR) is 84.6 cm³/mol. The van der Waals surface area contributed by atoms with Crippen LogP contribution in [0.2, 0.25) is 0 Å². The number of aryl methyl sites for hydroxylation is 1. The summed E-state index contributed by atoms with van der Waals surface area (Å²) >= 11 is 5.32. The third-order valence-electron chi connectivity index (χ3n) is 2.49. The zero-order valence-electron chi connectivity index (χ0n) is 11.0. The Bertz CT molecular complexity index is 781. The second-order valence-corrected chi connectivity index (χ2v) is 9.17. The summed E-state index contributed by atoms with van der Waals surface area (Å²) in [4.78, 5) is 15.0. The average Bonchev–Trinajstić information content (AvgIpc) is 2.95. The molecule has 0 aromatic carbocycles. The Hall–Kier alpha value is -0.810. The fraction of sp³-hybridized carbons (Fsp3) is 0.273. The number of carboxylic acids is 1. The summed E-state index contributed by atoms with van der Waals surface area (Å²) in [6.07, 6.45) is 0. The van der Waals surface area contributed by atoms with E-state index < -0.39 is 22.0 Å². The molecular weight excluding hydrogens is 400 g/mol. The molecule has 2 rings (SSSR count). The van der Waals surface area contributed by atoms with E-state index in [0.717, 1.165) is 23.1 Å². The van der Waals surface area contributed by atoms with Gasteiger partial charge in [-0.3, -0.25) is 0 Å². The molecule has 2 aromatic heterocycles. The molecule has 1 unspecified atom stereocenters. The largest absolute Gasteiger partial charge is 0.477 e. The molecule has 10 heteroatoms. The van der Waals surface area contributed by atoms with Crippen LogP contribution in [0.5, 0.6) is 0 Å². The number of halogens is 1. The maximum Gasteiger partial charge on any atom is 0.345 e. The Morgan fingerprint density at radius 2 is 2.19 bits per heavy atom. The van der Waals surface area contributed by atoms with Gasteiger partial charge in [-0.15, -0.1) is 22.7 Å². The summed E-state index contributed by atoms with van der Waals surface area (Å²) in [6, 6.07) is 0.646. The van der Waals surface area contributed by atoms with E-state index in [-0.39, 0.29) is 13.6 Å². The minimum atomic E-state index is -3.82. The lowest BCUT2D eigenvalue weighted by Gasteiger charge is -2.11. The predicted octanol–water partition coefficient (Wildman–Crippen LogP) is 3.01. The van der Waals surface area contributed by atoms with Crippen molar-refractivity contribution in [1.29, 1.82) is 0 Å². The maximum absolute atomic E-state index is 12.3. The Balaban J connectivity index is 2.28. The summed E-state index contributed by atoms with van der Waals surface area (Å²) in [5.74, 6) is -1.16. The van der Waals surface area contributed by atoms with Gasteiger partial charge in [0.15, 0.2) is 0 Å². The van der Waals surface area contributed by atoms with Crippen molar-refractivity contribution in [1.82, 2.24) is 9.71 Å². The van der Waals surface area contributed by atoms with Gasteiger partial charge in [-0.2, -0.15) is 0 Å². The molecule has 2 aromatic rings. The third-order valence-corrected chi connectivity index (χ3v) is 7.42. The van der Waals surface area contributed by atoms with Crippen molar-refractivity contribution < 1.29 is 18.3 Å². The fourth-order valence-electron chi connectivity index (χ4n) is 1.56. The molecule has 6 nitrogen and oxygen atoms in total. The van der Waals surface area contributed by atoms with Crippen LogP contribution >= 0.6 is 38.6 Å². The van der Waals surface area contributed by atoms with Gasteiger partial charge in [-0.25, -0.2) is 22.9 Å². The van der Waals surface area contributed by atoms with Gasteiger partial charge < -0.3 is 5.11 Å².